The predicted octanol–water partition coefficient (Wildman–Crippen LogP) is 3.58. The van der Waals surface area contributed by atoms with Gasteiger partial charge >= 0.3 is 30.0 Å². The maximum atomic E-state index is 14.2. The molecule has 0 aromatic carbocycles. The molecule has 0 radical (unpaired) electrons. The Kier molecular flexibility index (Phi) is 8.09. The Balaban J connectivity index is 5.79. The number of alkyl halides is 7. The van der Waals surface area contributed by atoms with Gasteiger partial charge in [-0.3, -0.25) is 9.69 Å². The number of carbonyl (C=O) groups is 2. The van der Waals surface area contributed by atoms with Crippen molar-refractivity contribution in [3.05, 3.63) is 12.2 Å². The van der Waals surface area contributed by atoms with E-state index >= 15 is 0 Å². The Morgan fingerprint density at radius 2 is 1.50 bits per heavy atom. The number of nitrogens with zero attached hydrogens (tertiary/aromatic N) is 1. The molecular weight excluding hydrogens is 403 g/mol. The fourth-order valence-electron chi connectivity index (χ4n) is 1.86. The van der Waals surface area contributed by atoms with Crippen LogP contribution in [0.15, 0.2) is 12.2 Å². The van der Waals surface area contributed by atoms with Crippen LogP contribution in [0.5, 0.6) is 0 Å². The van der Waals surface area contributed by atoms with Gasteiger partial charge in [-0.05, 0) is 34.7 Å². The smallest absolute Gasteiger partial charge is 0.459 e. The van der Waals surface area contributed by atoms with Crippen LogP contribution in [0.4, 0.5) is 30.7 Å². The highest BCUT2D eigenvalue weighted by Gasteiger charge is 2.77. The fraction of sp³-hybridized carbons (Fsp3) is 0.750. The average Bonchev–Trinajstić information content (AvgIpc) is 2.43. The standard InChI is InChI=1S/C16H22F7NO4/c1-9(2)11(25)27-8-7-24(6)10(12(26)28-13(3,4)5)14(17,18)15(19,20)16(21,22)23/h10H,1,7-8H2,2-6H3. The van der Waals surface area contributed by atoms with E-state index in [1.54, 1.807) is 0 Å². The Morgan fingerprint density at radius 1 is 1.04 bits per heavy atom. The number of esters is 2. The first kappa shape index (κ1) is 26.1. The van der Waals surface area contributed by atoms with E-state index in [1.807, 2.05) is 0 Å². The Bertz CT molecular complexity index is 597. The molecule has 0 fully saturated rings. The van der Waals surface area contributed by atoms with Crippen molar-refractivity contribution in [2.24, 2.45) is 0 Å². The maximum absolute atomic E-state index is 14.2. The van der Waals surface area contributed by atoms with E-state index in [4.69, 9.17) is 0 Å². The number of rotatable bonds is 8. The quantitative estimate of drug-likeness (QED) is 0.338. The van der Waals surface area contributed by atoms with Gasteiger partial charge in [0.05, 0.1) is 0 Å². The van der Waals surface area contributed by atoms with Gasteiger partial charge in [-0.2, -0.15) is 30.7 Å². The monoisotopic (exact) mass is 425 g/mol. The summed E-state index contributed by atoms with van der Waals surface area (Å²) in [4.78, 5) is 23.5. The fourth-order valence-corrected chi connectivity index (χ4v) is 1.86. The summed E-state index contributed by atoms with van der Waals surface area (Å²) in [6.07, 6.45) is -6.62. The zero-order chi connectivity index (χ0) is 22.7. The van der Waals surface area contributed by atoms with Gasteiger partial charge in [0.1, 0.15) is 12.2 Å². The summed E-state index contributed by atoms with van der Waals surface area (Å²) in [5, 5.41) is 0. The summed E-state index contributed by atoms with van der Waals surface area (Å²) < 4.78 is 102. The van der Waals surface area contributed by atoms with E-state index < -0.39 is 54.8 Å². The van der Waals surface area contributed by atoms with E-state index in [9.17, 15) is 40.3 Å². The molecule has 0 rings (SSSR count). The molecule has 1 unspecified atom stereocenters. The lowest BCUT2D eigenvalue weighted by molar-refractivity contribution is -0.363. The van der Waals surface area contributed by atoms with Crippen LogP contribution < -0.4 is 0 Å². The van der Waals surface area contributed by atoms with Crippen molar-refractivity contribution >= 4 is 11.9 Å². The van der Waals surface area contributed by atoms with Crippen molar-refractivity contribution in [2.45, 2.75) is 57.4 Å². The van der Waals surface area contributed by atoms with Crippen molar-refractivity contribution < 1.29 is 49.8 Å². The third-order valence-corrected chi connectivity index (χ3v) is 3.21. The van der Waals surface area contributed by atoms with Crippen LogP contribution in [0.25, 0.3) is 0 Å². The molecule has 0 aliphatic heterocycles. The summed E-state index contributed by atoms with van der Waals surface area (Å²) in [7, 11) is 0.698. The highest BCUT2D eigenvalue weighted by atomic mass is 19.4. The maximum Gasteiger partial charge on any atom is 0.459 e. The number of carbonyl (C=O) groups excluding carboxylic acids is 2. The largest absolute Gasteiger partial charge is 0.461 e. The molecule has 0 aromatic rings. The topological polar surface area (TPSA) is 55.8 Å². The molecule has 0 amide bonds. The first-order valence-electron chi connectivity index (χ1n) is 7.83. The van der Waals surface area contributed by atoms with Crippen molar-refractivity contribution in [1.82, 2.24) is 4.90 Å². The van der Waals surface area contributed by atoms with Crippen LogP contribution in [0, 0.1) is 0 Å². The number of likely N-dealkylation sites (N-methyl/N-ethyl adjacent to an activating group) is 1. The molecule has 0 saturated heterocycles. The Labute approximate surface area is 157 Å². The first-order valence-corrected chi connectivity index (χ1v) is 7.83. The molecule has 5 nitrogen and oxygen atoms in total. The third-order valence-electron chi connectivity index (χ3n) is 3.21. The summed E-state index contributed by atoms with van der Waals surface area (Å²) in [6.45, 7) is 6.75. The molecule has 1 atom stereocenters. The second kappa shape index (κ2) is 8.66. The molecule has 0 saturated carbocycles. The third kappa shape index (κ3) is 6.35. The highest BCUT2D eigenvalue weighted by Crippen LogP contribution is 2.49. The molecule has 0 bridgehead atoms. The molecule has 0 aliphatic rings. The lowest BCUT2D eigenvalue weighted by Gasteiger charge is -2.38. The molecule has 12 heteroatoms. The lowest BCUT2D eigenvalue weighted by Crippen LogP contribution is -2.65. The van der Waals surface area contributed by atoms with Gasteiger partial charge < -0.3 is 9.47 Å². The molecule has 28 heavy (non-hydrogen) atoms. The molecule has 0 N–H and O–H groups in total. The molecular formula is C16H22F7NO4. The van der Waals surface area contributed by atoms with Gasteiger partial charge in [0.2, 0.25) is 0 Å². The molecule has 0 aliphatic carbocycles. The number of hydrogen-bond donors (Lipinski definition) is 0. The van der Waals surface area contributed by atoms with Gasteiger partial charge in [0.25, 0.3) is 0 Å². The van der Waals surface area contributed by atoms with Crippen LogP contribution in [0.2, 0.25) is 0 Å². The van der Waals surface area contributed by atoms with Gasteiger partial charge in [0.15, 0.2) is 6.04 Å². The summed E-state index contributed by atoms with van der Waals surface area (Å²) in [5.74, 6) is -15.3. The van der Waals surface area contributed by atoms with Gasteiger partial charge in [-0.1, -0.05) is 6.58 Å². The minimum atomic E-state index is -6.62. The first-order chi connectivity index (χ1) is 12.3. The second-order valence-corrected chi connectivity index (χ2v) is 7.03. The van der Waals surface area contributed by atoms with Crippen LogP contribution in [-0.2, 0) is 19.1 Å². The van der Waals surface area contributed by atoms with Crippen molar-refractivity contribution in [3.8, 4) is 0 Å². The van der Waals surface area contributed by atoms with E-state index in [2.05, 4.69) is 16.1 Å². The lowest BCUT2D eigenvalue weighted by atomic mass is 10.0. The van der Waals surface area contributed by atoms with E-state index in [0.29, 0.717) is 7.05 Å². The molecule has 0 spiro atoms. The van der Waals surface area contributed by atoms with E-state index in [1.165, 1.54) is 27.7 Å². The summed E-state index contributed by atoms with van der Waals surface area (Å²) in [6, 6.07) is -3.30. The zero-order valence-corrected chi connectivity index (χ0v) is 15.9. The van der Waals surface area contributed by atoms with E-state index in [0.717, 1.165) is 0 Å². The van der Waals surface area contributed by atoms with Crippen LogP contribution in [-0.4, -0.2) is 66.7 Å². The SMILES string of the molecule is C=C(C)C(=O)OCCN(C)C(C(=O)OC(C)(C)C)C(F)(F)C(F)(F)C(F)(F)F. The Hall–Kier alpha value is -1.85. The second-order valence-electron chi connectivity index (χ2n) is 7.03. The predicted molar refractivity (Wildman–Crippen MR) is 84.0 cm³/mol. The normalized spacial score (nSPS) is 14.6. The van der Waals surface area contributed by atoms with Crippen LogP contribution in [0.3, 0.4) is 0 Å². The van der Waals surface area contributed by atoms with Gasteiger partial charge in [-0.25, -0.2) is 4.79 Å². The van der Waals surface area contributed by atoms with Crippen molar-refractivity contribution in [3.63, 3.8) is 0 Å². The van der Waals surface area contributed by atoms with E-state index in [-0.39, 0.29) is 10.5 Å². The molecule has 0 heterocycles. The minimum Gasteiger partial charge on any atom is -0.461 e. The number of hydrogen-bond acceptors (Lipinski definition) is 5. The molecule has 0 aromatic heterocycles. The average molecular weight is 425 g/mol. The van der Waals surface area contributed by atoms with Crippen molar-refractivity contribution in [1.29, 1.82) is 0 Å². The van der Waals surface area contributed by atoms with Gasteiger partial charge in [0, 0.05) is 12.1 Å². The highest BCUT2D eigenvalue weighted by molar-refractivity contribution is 5.86. The summed E-state index contributed by atoms with van der Waals surface area (Å²) in [5.41, 5.74) is -1.49. The minimum absolute atomic E-state index is 0.0553. The van der Waals surface area contributed by atoms with Crippen LogP contribution in [0.1, 0.15) is 27.7 Å². The number of halogens is 7. The Morgan fingerprint density at radius 3 is 1.86 bits per heavy atom. The zero-order valence-electron chi connectivity index (χ0n) is 15.9. The summed E-state index contributed by atoms with van der Waals surface area (Å²) >= 11 is 0. The van der Waals surface area contributed by atoms with Crippen molar-refractivity contribution in [2.75, 3.05) is 20.2 Å². The number of ether oxygens (including phenoxy) is 2. The molecule has 164 valence electrons. The van der Waals surface area contributed by atoms with Gasteiger partial charge in [-0.15, -0.1) is 0 Å². The van der Waals surface area contributed by atoms with Crippen LogP contribution >= 0.6 is 0 Å².